The molecule has 0 aromatic carbocycles. The van der Waals surface area contributed by atoms with Gasteiger partial charge in [0, 0.05) is 25.0 Å². The number of nitrogens with two attached hydrogens (primary N) is 2. The first-order chi connectivity index (χ1) is 8.58. The second-order valence-electron chi connectivity index (χ2n) is 4.45. The number of primary amides is 1. The average molecular weight is 264 g/mol. The fraction of sp³-hybridized carbons (Fsp3) is 0.417. The van der Waals surface area contributed by atoms with Crippen molar-refractivity contribution < 1.29 is 4.79 Å². The number of thiocarbonyl (C=S) groups is 1. The summed E-state index contributed by atoms with van der Waals surface area (Å²) in [6.45, 7) is 1.56. The first kappa shape index (κ1) is 12.8. The number of anilines is 1. The van der Waals surface area contributed by atoms with Crippen LogP contribution in [-0.4, -0.2) is 29.0 Å². The maximum Gasteiger partial charge on any atom is 0.222 e. The van der Waals surface area contributed by atoms with Crippen molar-refractivity contribution in [2.45, 2.75) is 12.8 Å². The number of piperidine rings is 1. The molecule has 1 amide bonds. The van der Waals surface area contributed by atoms with Gasteiger partial charge in [0.05, 0.1) is 11.6 Å². The minimum absolute atomic E-state index is 0.0832. The Kier molecular flexibility index (Phi) is 3.76. The highest BCUT2D eigenvalue weighted by Gasteiger charge is 2.24. The molecule has 1 aliphatic rings. The van der Waals surface area contributed by atoms with Crippen molar-refractivity contribution in [1.29, 1.82) is 0 Å². The van der Waals surface area contributed by atoms with Crippen LogP contribution in [0.3, 0.4) is 0 Å². The van der Waals surface area contributed by atoms with E-state index in [4.69, 9.17) is 23.7 Å². The van der Waals surface area contributed by atoms with Gasteiger partial charge in [0.1, 0.15) is 4.99 Å². The second kappa shape index (κ2) is 5.30. The molecule has 18 heavy (non-hydrogen) atoms. The van der Waals surface area contributed by atoms with Crippen LogP contribution in [0.2, 0.25) is 0 Å². The van der Waals surface area contributed by atoms with Gasteiger partial charge in [0.15, 0.2) is 0 Å². The van der Waals surface area contributed by atoms with Crippen LogP contribution >= 0.6 is 12.2 Å². The summed E-state index contributed by atoms with van der Waals surface area (Å²) in [4.78, 5) is 17.8. The number of carbonyl (C=O) groups is 1. The fourth-order valence-corrected chi connectivity index (χ4v) is 2.31. The first-order valence-electron chi connectivity index (χ1n) is 5.88. The third-order valence-electron chi connectivity index (χ3n) is 3.18. The van der Waals surface area contributed by atoms with Crippen molar-refractivity contribution in [3.05, 3.63) is 24.0 Å². The van der Waals surface area contributed by atoms with Crippen LogP contribution < -0.4 is 16.4 Å². The Balaban J connectivity index is 2.18. The SMILES string of the molecule is NC(=O)C1CCCN(c2ccnc(C(N)=S)c2)C1. The van der Waals surface area contributed by atoms with E-state index in [2.05, 4.69) is 9.88 Å². The van der Waals surface area contributed by atoms with E-state index in [1.807, 2.05) is 12.1 Å². The molecule has 1 unspecified atom stereocenters. The lowest BCUT2D eigenvalue weighted by Crippen LogP contribution is -2.41. The predicted molar refractivity (Wildman–Crippen MR) is 74.3 cm³/mol. The van der Waals surface area contributed by atoms with Crippen molar-refractivity contribution in [1.82, 2.24) is 4.98 Å². The Labute approximate surface area is 111 Å². The maximum atomic E-state index is 11.2. The molecule has 1 atom stereocenters. The topological polar surface area (TPSA) is 85.2 Å². The van der Waals surface area contributed by atoms with E-state index in [9.17, 15) is 4.79 Å². The van der Waals surface area contributed by atoms with E-state index >= 15 is 0 Å². The van der Waals surface area contributed by atoms with Gasteiger partial charge in [-0.2, -0.15) is 0 Å². The molecule has 2 rings (SSSR count). The molecule has 0 bridgehead atoms. The molecule has 1 aromatic heterocycles. The molecule has 0 radical (unpaired) electrons. The molecule has 0 spiro atoms. The van der Waals surface area contributed by atoms with Gasteiger partial charge in [0.25, 0.3) is 0 Å². The summed E-state index contributed by atoms with van der Waals surface area (Å²) < 4.78 is 0. The van der Waals surface area contributed by atoms with E-state index in [0.29, 0.717) is 12.2 Å². The summed E-state index contributed by atoms with van der Waals surface area (Å²) in [7, 11) is 0. The lowest BCUT2D eigenvalue weighted by Gasteiger charge is -2.33. The van der Waals surface area contributed by atoms with E-state index in [0.717, 1.165) is 25.1 Å². The number of hydrogen-bond donors (Lipinski definition) is 2. The molecule has 5 nitrogen and oxygen atoms in total. The lowest BCUT2D eigenvalue weighted by atomic mass is 9.97. The number of carbonyl (C=O) groups excluding carboxylic acids is 1. The molecule has 6 heteroatoms. The highest BCUT2D eigenvalue weighted by atomic mass is 32.1. The van der Waals surface area contributed by atoms with Crippen LogP contribution in [0.1, 0.15) is 18.5 Å². The summed E-state index contributed by atoms with van der Waals surface area (Å²) in [6, 6.07) is 3.75. The molecular weight excluding hydrogens is 248 g/mol. The fourth-order valence-electron chi connectivity index (χ4n) is 2.19. The smallest absolute Gasteiger partial charge is 0.222 e. The summed E-state index contributed by atoms with van der Waals surface area (Å²) in [5.74, 6) is -0.316. The van der Waals surface area contributed by atoms with Gasteiger partial charge in [0.2, 0.25) is 5.91 Å². The molecule has 0 aliphatic carbocycles. The molecule has 96 valence electrons. The molecule has 1 aliphatic heterocycles. The minimum atomic E-state index is -0.233. The van der Waals surface area contributed by atoms with Crippen LogP contribution in [0.15, 0.2) is 18.3 Å². The van der Waals surface area contributed by atoms with Crippen LogP contribution in [-0.2, 0) is 4.79 Å². The highest BCUT2D eigenvalue weighted by Crippen LogP contribution is 2.23. The highest BCUT2D eigenvalue weighted by molar-refractivity contribution is 7.80. The maximum absolute atomic E-state index is 11.2. The van der Waals surface area contributed by atoms with Crippen molar-refractivity contribution >= 4 is 28.8 Å². The van der Waals surface area contributed by atoms with Crippen LogP contribution in [0, 0.1) is 5.92 Å². The quantitative estimate of drug-likeness (QED) is 0.773. The summed E-state index contributed by atoms with van der Waals surface area (Å²) in [5.41, 5.74) is 12.5. The Morgan fingerprint density at radius 2 is 2.28 bits per heavy atom. The number of hydrogen-bond acceptors (Lipinski definition) is 4. The van der Waals surface area contributed by atoms with Crippen LogP contribution in [0.25, 0.3) is 0 Å². The number of pyridine rings is 1. The second-order valence-corrected chi connectivity index (χ2v) is 4.89. The van der Waals surface area contributed by atoms with Gasteiger partial charge in [-0.1, -0.05) is 12.2 Å². The monoisotopic (exact) mass is 264 g/mol. The average Bonchev–Trinajstić information content (AvgIpc) is 2.39. The Bertz CT molecular complexity index is 477. The standard InChI is InChI=1S/C12H16N4OS/c13-11(17)8-2-1-5-16(7-8)9-3-4-15-10(6-9)12(14)18/h3-4,6,8H,1-2,5,7H2,(H2,13,17)(H2,14,18). The van der Waals surface area contributed by atoms with Gasteiger partial charge in [-0.05, 0) is 25.0 Å². The number of aromatic nitrogens is 1. The molecular formula is C12H16N4OS. The zero-order valence-electron chi connectivity index (χ0n) is 10.0. The van der Waals surface area contributed by atoms with E-state index in [1.165, 1.54) is 0 Å². The number of amides is 1. The number of rotatable bonds is 3. The van der Waals surface area contributed by atoms with Crippen molar-refractivity contribution in [2.75, 3.05) is 18.0 Å². The molecule has 1 saturated heterocycles. The molecule has 0 saturated carbocycles. The van der Waals surface area contributed by atoms with E-state index < -0.39 is 0 Å². The van der Waals surface area contributed by atoms with Gasteiger partial charge >= 0.3 is 0 Å². The predicted octanol–water partition coefficient (Wildman–Crippen LogP) is 0.417. The van der Waals surface area contributed by atoms with Crippen LogP contribution in [0.4, 0.5) is 5.69 Å². The van der Waals surface area contributed by atoms with Gasteiger partial charge in [-0.3, -0.25) is 9.78 Å². The van der Waals surface area contributed by atoms with Gasteiger partial charge < -0.3 is 16.4 Å². The Hall–Kier alpha value is -1.69. The van der Waals surface area contributed by atoms with E-state index in [-0.39, 0.29) is 16.8 Å². The Morgan fingerprint density at radius 3 is 2.94 bits per heavy atom. The summed E-state index contributed by atoms with van der Waals surface area (Å²) in [6.07, 6.45) is 3.50. The molecule has 1 aromatic rings. The molecule has 4 N–H and O–H groups in total. The van der Waals surface area contributed by atoms with Crippen molar-refractivity contribution in [3.63, 3.8) is 0 Å². The zero-order chi connectivity index (χ0) is 13.1. The summed E-state index contributed by atoms with van der Waals surface area (Å²) in [5, 5.41) is 0. The molecule has 2 heterocycles. The third kappa shape index (κ3) is 2.76. The number of nitrogens with zero attached hydrogens (tertiary/aromatic N) is 2. The van der Waals surface area contributed by atoms with Gasteiger partial charge in [-0.15, -0.1) is 0 Å². The largest absolute Gasteiger partial charge is 0.388 e. The zero-order valence-corrected chi connectivity index (χ0v) is 10.8. The van der Waals surface area contributed by atoms with Crippen LogP contribution in [0.5, 0.6) is 0 Å². The van der Waals surface area contributed by atoms with Crippen molar-refractivity contribution in [2.24, 2.45) is 17.4 Å². The Morgan fingerprint density at radius 1 is 1.50 bits per heavy atom. The lowest BCUT2D eigenvalue weighted by molar-refractivity contribution is -0.122. The summed E-state index contributed by atoms with van der Waals surface area (Å²) >= 11 is 4.91. The first-order valence-corrected chi connectivity index (χ1v) is 6.29. The van der Waals surface area contributed by atoms with E-state index in [1.54, 1.807) is 6.20 Å². The third-order valence-corrected chi connectivity index (χ3v) is 3.39. The van der Waals surface area contributed by atoms with Gasteiger partial charge in [-0.25, -0.2) is 0 Å². The van der Waals surface area contributed by atoms with Crippen molar-refractivity contribution in [3.8, 4) is 0 Å². The normalized spacial score (nSPS) is 19.6. The molecule has 1 fully saturated rings. The minimum Gasteiger partial charge on any atom is -0.388 e.